The summed E-state index contributed by atoms with van der Waals surface area (Å²) in [5.74, 6) is 0.517. The van der Waals surface area contributed by atoms with Crippen LogP contribution in [0.1, 0.15) is 19.8 Å². The Bertz CT molecular complexity index is 464. The van der Waals surface area contributed by atoms with E-state index in [-0.39, 0.29) is 4.75 Å². The van der Waals surface area contributed by atoms with E-state index in [4.69, 9.17) is 5.73 Å². The zero-order chi connectivity index (χ0) is 13.7. The molecule has 0 aromatic heterocycles. The number of thioether (sulfide) groups is 1. The van der Waals surface area contributed by atoms with Crippen LogP contribution < -0.4 is 11.1 Å². The molecular weight excluding hydrogens is 254 g/mol. The molecule has 1 aromatic rings. The molecule has 4 heteroatoms. The highest BCUT2D eigenvalue weighted by atomic mass is 32.2. The smallest absolute Gasteiger partial charge is 0.188 e. The number of aliphatic imine (C=N–C) groups is 1. The summed E-state index contributed by atoms with van der Waals surface area (Å²) in [6.45, 7) is 7.26. The maximum absolute atomic E-state index is 5.84. The van der Waals surface area contributed by atoms with Crippen LogP contribution >= 0.6 is 11.8 Å². The van der Waals surface area contributed by atoms with Crippen LogP contribution in [-0.2, 0) is 0 Å². The Kier molecular flexibility index (Phi) is 4.53. The third-order valence-corrected chi connectivity index (χ3v) is 4.47. The Morgan fingerprint density at radius 3 is 2.68 bits per heavy atom. The van der Waals surface area contributed by atoms with Crippen LogP contribution in [0.3, 0.4) is 0 Å². The summed E-state index contributed by atoms with van der Waals surface area (Å²) in [5, 5.41) is 3.07. The van der Waals surface area contributed by atoms with E-state index in [2.05, 4.69) is 41.2 Å². The first-order chi connectivity index (χ1) is 9.10. The summed E-state index contributed by atoms with van der Waals surface area (Å²) in [7, 11) is 0. The Morgan fingerprint density at radius 1 is 1.42 bits per heavy atom. The van der Waals surface area contributed by atoms with Gasteiger partial charge in [0.15, 0.2) is 5.96 Å². The largest absolute Gasteiger partial charge is 0.370 e. The quantitative estimate of drug-likeness (QED) is 0.477. The third-order valence-electron chi connectivity index (χ3n) is 2.99. The zero-order valence-corrected chi connectivity index (χ0v) is 12.2. The van der Waals surface area contributed by atoms with Crippen LogP contribution in [0.15, 0.2) is 52.4 Å². The predicted octanol–water partition coefficient (Wildman–Crippen LogP) is 2.79. The summed E-state index contributed by atoms with van der Waals surface area (Å²) in [5.41, 5.74) is 6.89. The number of guanidine groups is 1. The molecule has 0 radical (unpaired) electrons. The van der Waals surface area contributed by atoms with Crippen molar-refractivity contribution < 1.29 is 0 Å². The fraction of sp³-hybridized carbons (Fsp3) is 0.400. The van der Waals surface area contributed by atoms with Gasteiger partial charge in [-0.15, -0.1) is 11.8 Å². The second-order valence-corrected chi connectivity index (χ2v) is 6.65. The lowest BCUT2D eigenvalue weighted by atomic mass is 10.3. The molecule has 1 aliphatic carbocycles. The van der Waals surface area contributed by atoms with Crippen LogP contribution in [-0.4, -0.2) is 23.8 Å². The second-order valence-electron chi connectivity index (χ2n) is 5.11. The van der Waals surface area contributed by atoms with Crippen molar-refractivity contribution in [3.05, 3.63) is 42.5 Å². The lowest BCUT2D eigenvalue weighted by Crippen LogP contribution is -2.33. The van der Waals surface area contributed by atoms with E-state index < -0.39 is 0 Å². The van der Waals surface area contributed by atoms with Crippen LogP contribution in [0, 0.1) is 0 Å². The van der Waals surface area contributed by atoms with Gasteiger partial charge in [-0.1, -0.05) is 30.4 Å². The minimum atomic E-state index is 0.261. The predicted molar refractivity (Wildman–Crippen MR) is 83.6 cm³/mol. The topological polar surface area (TPSA) is 50.4 Å². The number of nitrogens with zero attached hydrogens (tertiary/aromatic N) is 1. The molecule has 3 nitrogen and oxygen atoms in total. The van der Waals surface area contributed by atoms with Crippen LogP contribution in [0.4, 0.5) is 0 Å². The SMILES string of the molecule is C=C(C)CNC(N)=NCC1(Sc2ccccc2)CC1. The number of nitrogens with two attached hydrogens (primary N) is 1. The maximum Gasteiger partial charge on any atom is 0.188 e. The standard InChI is InChI=1S/C15H21N3S/c1-12(2)10-17-14(16)18-11-15(8-9-15)19-13-6-4-3-5-7-13/h3-7H,1,8-11H2,2H3,(H3,16,17,18). The molecule has 19 heavy (non-hydrogen) atoms. The summed E-state index contributed by atoms with van der Waals surface area (Å²) < 4.78 is 0.261. The van der Waals surface area contributed by atoms with Gasteiger partial charge in [-0.3, -0.25) is 4.99 Å². The van der Waals surface area contributed by atoms with Crippen molar-refractivity contribution in [1.82, 2.24) is 5.32 Å². The van der Waals surface area contributed by atoms with Gasteiger partial charge in [-0.05, 0) is 31.9 Å². The van der Waals surface area contributed by atoms with Crippen molar-refractivity contribution in [2.24, 2.45) is 10.7 Å². The van der Waals surface area contributed by atoms with Crippen LogP contribution in [0.5, 0.6) is 0 Å². The summed E-state index contributed by atoms with van der Waals surface area (Å²) >= 11 is 1.92. The molecule has 1 aromatic carbocycles. The maximum atomic E-state index is 5.84. The average molecular weight is 275 g/mol. The fourth-order valence-corrected chi connectivity index (χ4v) is 2.93. The van der Waals surface area contributed by atoms with Crippen molar-refractivity contribution in [3.63, 3.8) is 0 Å². The number of benzene rings is 1. The molecule has 1 saturated carbocycles. The minimum absolute atomic E-state index is 0.261. The number of rotatable bonds is 6. The summed E-state index contributed by atoms with van der Waals surface area (Å²) in [6.07, 6.45) is 2.42. The van der Waals surface area contributed by atoms with Gasteiger partial charge in [0.1, 0.15) is 0 Å². The van der Waals surface area contributed by atoms with Gasteiger partial charge in [0.2, 0.25) is 0 Å². The number of hydrogen-bond acceptors (Lipinski definition) is 2. The normalized spacial score (nSPS) is 17.0. The molecule has 0 amide bonds. The molecule has 0 saturated heterocycles. The van der Waals surface area contributed by atoms with Crippen molar-refractivity contribution in [3.8, 4) is 0 Å². The highest BCUT2D eigenvalue weighted by Crippen LogP contribution is 2.51. The van der Waals surface area contributed by atoms with E-state index in [1.54, 1.807) is 0 Å². The van der Waals surface area contributed by atoms with Crippen molar-refractivity contribution in [2.75, 3.05) is 13.1 Å². The highest BCUT2D eigenvalue weighted by molar-refractivity contribution is 8.01. The molecule has 1 aliphatic rings. The first kappa shape index (κ1) is 14.0. The Morgan fingerprint density at radius 2 is 2.11 bits per heavy atom. The Balaban J connectivity index is 1.85. The molecule has 0 aliphatic heterocycles. The molecule has 1 fully saturated rings. The molecule has 2 rings (SSSR count). The summed E-state index contributed by atoms with van der Waals surface area (Å²) in [4.78, 5) is 5.76. The molecular formula is C15H21N3S. The van der Waals surface area contributed by atoms with E-state index in [0.717, 1.165) is 12.1 Å². The van der Waals surface area contributed by atoms with E-state index in [1.807, 2.05) is 24.8 Å². The lowest BCUT2D eigenvalue weighted by Gasteiger charge is -2.13. The first-order valence-electron chi connectivity index (χ1n) is 6.52. The van der Waals surface area contributed by atoms with Crippen LogP contribution in [0.25, 0.3) is 0 Å². The van der Waals surface area contributed by atoms with Gasteiger partial charge in [0, 0.05) is 16.2 Å². The molecule has 3 N–H and O–H groups in total. The third kappa shape index (κ3) is 4.63. The van der Waals surface area contributed by atoms with Gasteiger partial charge in [0.05, 0.1) is 6.54 Å². The molecule has 0 spiro atoms. The molecule has 0 heterocycles. The number of hydrogen-bond donors (Lipinski definition) is 2. The summed E-state index contributed by atoms with van der Waals surface area (Å²) in [6, 6.07) is 10.5. The van der Waals surface area contributed by atoms with E-state index in [9.17, 15) is 0 Å². The fourth-order valence-electron chi connectivity index (χ4n) is 1.70. The van der Waals surface area contributed by atoms with Crippen LogP contribution in [0.2, 0.25) is 0 Å². The monoisotopic (exact) mass is 275 g/mol. The zero-order valence-electron chi connectivity index (χ0n) is 11.4. The molecule has 102 valence electrons. The van der Waals surface area contributed by atoms with Crippen molar-refractivity contribution in [1.29, 1.82) is 0 Å². The first-order valence-corrected chi connectivity index (χ1v) is 7.34. The van der Waals surface area contributed by atoms with Gasteiger partial charge in [-0.2, -0.15) is 0 Å². The van der Waals surface area contributed by atoms with Gasteiger partial charge in [0.25, 0.3) is 0 Å². The Labute approximate surface area is 119 Å². The number of nitrogens with one attached hydrogen (secondary N) is 1. The van der Waals surface area contributed by atoms with Crippen molar-refractivity contribution in [2.45, 2.75) is 29.4 Å². The van der Waals surface area contributed by atoms with E-state index >= 15 is 0 Å². The molecule has 0 atom stereocenters. The highest BCUT2D eigenvalue weighted by Gasteiger charge is 2.43. The molecule has 0 bridgehead atoms. The second kappa shape index (κ2) is 6.15. The lowest BCUT2D eigenvalue weighted by molar-refractivity contribution is 0.873. The molecule has 0 unspecified atom stereocenters. The van der Waals surface area contributed by atoms with Gasteiger partial charge in [-0.25, -0.2) is 0 Å². The van der Waals surface area contributed by atoms with Crippen molar-refractivity contribution >= 4 is 17.7 Å². The average Bonchev–Trinajstić information content (AvgIpc) is 3.15. The van der Waals surface area contributed by atoms with Gasteiger partial charge < -0.3 is 11.1 Å². The van der Waals surface area contributed by atoms with E-state index in [1.165, 1.54) is 17.7 Å². The Hall–Kier alpha value is -1.42. The minimum Gasteiger partial charge on any atom is -0.370 e. The van der Waals surface area contributed by atoms with E-state index in [0.29, 0.717) is 12.5 Å². The van der Waals surface area contributed by atoms with Gasteiger partial charge >= 0.3 is 0 Å².